The van der Waals surface area contributed by atoms with Crippen molar-refractivity contribution in [1.29, 1.82) is 0 Å². The molecule has 3 nitrogen and oxygen atoms in total. The Balaban J connectivity index is 0.981. The first-order valence-corrected chi connectivity index (χ1v) is 24.5. The van der Waals surface area contributed by atoms with Crippen LogP contribution in [0.4, 0.5) is 17.1 Å². The second kappa shape index (κ2) is 15.2. The number of ether oxygens (including phenoxy) is 2. The molecule has 4 aliphatic rings. The fourth-order valence-corrected chi connectivity index (χ4v) is 12.8. The number of hydrogen-bond donors (Lipinski definition) is 0. The van der Waals surface area contributed by atoms with Gasteiger partial charge in [-0.15, -0.1) is 0 Å². The molecule has 15 rings (SSSR count). The van der Waals surface area contributed by atoms with Gasteiger partial charge >= 0.3 is 0 Å². The maximum atomic E-state index is 6.97. The maximum absolute atomic E-state index is 6.97. The Kier molecular flexibility index (Phi) is 8.49. The minimum atomic E-state index is -0.625. The Morgan fingerprint density at radius 1 is 0.254 bits per heavy atom. The number of hydrogen-bond acceptors (Lipinski definition) is 3. The zero-order valence-electron chi connectivity index (χ0n) is 38.6. The molecule has 0 aromatic heterocycles. The molecule has 0 atom stereocenters. The SMILES string of the molecule is c1ccc(-c2ccc(-c3ccc(N(c4ccc5c(c4)C4(c6ccccc6O5)c5ccccc5-c5ccccc54)c4cccc5c4-c4ccccc4C54c5ccccc5Oc5ccccc54)cc3)cc2)cc1. The third-order valence-electron chi connectivity index (χ3n) is 15.6. The van der Waals surface area contributed by atoms with Crippen molar-refractivity contribution in [3.63, 3.8) is 0 Å². The van der Waals surface area contributed by atoms with Gasteiger partial charge < -0.3 is 14.4 Å². The molecule has 332 valence electrons. The van der Waals surface area contributed by atoms with E-state index in [9.17, 15) is 0 Å². The summed E-state index contributed by atoms with van der Waals surface area (Å²) in [7, 11) is 0. The van der Waals surface area contributed by atoms with Crippen LogP contribution in [0.25, 0.3) is 44.5 Å². The molecule has 0 saturated carbocycles. The van der Waals surface area contributed by atoms with Crippen molar-refractivity contribution in [2.24, 2.45) is 0 Å². The molecule has 0 radical (unpaired) electrons. The van der Waals surface area contributed by atoms with E-state index >= 15 is 0 Å². The summed E-state index contributed by atoms with van der Waals surface area (Å²) in [5.41, 5.74) is 21.1. The van der Waals surface area contributed by atoms with Crippen LogP contribution >= 0.6 is 0 Å². The van der Waals surface area contributed by atoms with Gasteiger partial charge in [-0.3, -0.25) is 0 Å². The van der Waals surface area contributed by atoms with E-state index in [1.54, 1.807) is 0 Å². The molecular formula is C68H43NO2. The molecule has 71 heavy (non-hydrogen) atoms. The van der Waals surface area contributed by atoms with E-state index < -0.39 is 10.8 Å². The Bertz CT molecular complexity index is 3860. The summed E-state index contributed by atoms with van der Waals surface area (Å²) in [6.07, 6.45) is 0. The van der Waals surface area contributed by atoms with Gasteiger partial charge in [0.2, 0.25) is 0 Å². The number of rotatable bonds is 5. The molecule has 0 unspecified atom stereocenters. The molecular weight excluding hydrogens is 863 g/mol. The second-order valence-corrected chi connectivity index (χ2v) is 19.0. The standard InChI is InChI=1S/C68H43NO2/c1-2-17-44(18-3-1)45-33-35-46(36-34-45)47-37-39-48(40-38-47)69(49-41-42-65-60(43-49)67(56-25-10-13-30-62(56)71-65)53-22-7-4-19-50(53)51-20-5-8-23-54(51)67)61-29-16-28-59-66(61)52-21-6-9-24-55(52)68(59)57-26-11-14-31-63(57)70-64-32-15-12-27-58(64)68/h1-43H. The Morgan fingerprint density at radius 3 is 1.18 bits per heavy atom. The number of anilines is 3. The number of benzene rings is 11. The summed E-state index contributed by atoms with van der Waals surface area (Å²) in [5, 5.41) is 0. The summed E-state index contributed by atoms with van der Waals surface area (Å²) in [4.78, 5) is 2.48. The maximum Gasteiger partial charge on any atom is 0.132 e. The lowest BCUT2D eigenvalue weighted by Crippen LogP contribution is -2.32. The predicted molar refractivity (Wildman–Crippen MR) is 287 cm³/mol. The van der Waals surface area contributed by atoms with Crippen LogP contribution in [-0.4, -0.2) is 0 Å². The van der Waals surface area contributed by atoms with Crippen LogP contribution in [0.5, 0.6) is 23.0 Å². The van der Waals surface area contributed by atoms with E-state index in [1.807, 2.05) is 0 Å². The molecule has 0 amide bonds. The molecule has 11 aromatic carbocycles. The van der Waals surface area contributed by atoms with E-state index in [0.29, 0.717) is 0 Å². The number of fused-ring (bicyclic) bond motifs is 18. The topological polar surface area (TPSA) is 21.7 Å². The summed E-state index contributed by atoms with van der Waals surface area (Å²) < 4.78 is 13.7. The molecule has 11 aromatic rings. The minimum Gasteiger partial charge on any atom is -0.457 e. The minimum absolute atomic E-state index is 0.621. The van der Waals surface area contributed by atoms with Gasteiger partial charge in [0, 0.05) is 39.2 Å². The zero-order valence-corrected chi connectivity index (χ0v) is 38.6. The fourth-order valence-electron chi connectivity index (χ4n) is 12.8. The zero-order chi connectivity index (χ0) is 46.7. The Morgan fingerprint density at radius 2 is 0.634 bits per heavy atom. The molecule has 0 saturated heterocycles. The van der Waals surface area contributed by atoms with Crippen molar-refractivity contribution in [1.82, 2.24) is 0 Å². The lowest BCUT2D eigenvalue weighted by molar-refractivity contribution is 0.436. The van der Waals surface area contributed by atoms with Crippen molar-refractivity contribution >= 4 is 17.1 Å². The molecule has 2 aliphatic heterocycles. The van der Waals surface area contributed by atoms with E-state index in [4.69, 9.17) is 9.47 Å². The van der Waals surface area contributed by atoms with Crippen molar-refractivity contribution in [2.75, 3.05) is 4.90 Å². The van der Waals surface area contributed by atoms with Gasteiger partial charge in [-0.1, -0.05) is 206 Å². The molecule has 2 heterocycles. The summed E-state index contributed by atoms with van der Waals surface area (Å²) in [5.74, 6) is 3.48. The highest BCUT2D eigenvalue weighted by Crippen LogP contribution is 2.66. The van der Waals surface area contributed by atoms with Crippen LogP contribution in [0.2, 0.25) is 0 Å². The fraction of sp³-hybridized carbons (Fsp3) is 0.0294. The highest BCUT2D eigenvalue weighted by atomic mass is 16.5. The van der Waals surface area contributed by atoms with Crippen LogP contribution in [0.1, 0.15) is 44.5 Å². The number of nitrogens with zero attached hydrogens (tertiary/aromatic N) is 1. The van der Waals surface area contributed by atoms with Crippen molar-refractivity contribution < 1.29 is 9.47 Å². The molecule has 0 N–H and O–H groups in total. The van der Waals surface area contributed by atoms with Crippen LogP contribution < -0.4 is 14.4 Å². The first kappa shape index (κ1) is 39.8. The second-order valence-electron chi connectivity index (χ2n) is 19.0. The largest absolute Gasteiger partial charge is 0.457 e. The molecule has 2 aliphatic carbocycles. The highest BCUT2D eigenvalue weighted by molar-refractivity contribution is 5.99. The summed E-state index contributed by atoms with van der Waals surface area (Å²) >= 11 is 0. The van der Waals surface area contributed by atoms with Gasteiger partial charge in [-0.25, -0.2) is 0 Å². The molecule has 3 heteroatoms. The average Bonchev–Trinajstić information content (AvgIpc) is 3.90. The Hall–Kier alpha value is -9.18. The molecule has 2 spiro atoms. The van der Waals surface area contributed by atoms with Gasteiger partial charge in [0.05, 0.1) is 16.5 Å². The predicted octanol–water partition coefficient (Wildman–Crippen LogP) is 17.4. The first-order valence-electron chi connectivity index (χ1n) is 24.5. The lowest BCUT2D eigenvalue weighted by Gasteiger charge is -2.40. The normalized spacial score (nSPS) is 14.1. The van der Waals surface area contributed by atoms with E-state index in [-0.39, 0.29) is 0 Å². The van der Waals surface area contributed by atoms with Gasteiger partial charge in [-0.05, 0) is 116 Å². The van der Waals surface area contributed by atoms with Crippen molar-refractivity contribution in [3.05, 3.63) is 305 Å². The quantitative estimate of drug-likeness (QED) is 0.172. The molecule has 0 fully saturated rings. The van der Waals surface area contributed by atoms with E-state index in [0.717, 1.165) is 67.9 Å². The third-order valence-corrected chi connectivity index (χ3v) is 15.6. The van der Waals surface area contributed by atoms with E-state index in [2.05, 4.69) is 266 Å². The van der Waals surface area contributed by atoms with Gasteiger partial charge in [-0.2, -0.15) is 0 Å². The number of para-hydroxylation sites is 3. The summed E-state index contributed by atoms with van der Waals surface area (Å²) in [6, 6.07) is 95.1. The Labute approximate surface area is 413 Å². The van der Waals surface area contributed by atoms with Crippen molar-refractivity contribution in [2.45, 2.75) is 10.8 Å². The average molecular weight is 906 g/mol. The summed E-state index contributed by atoms with van der Waals surface area (Å²) in [6.45, 7) is 0. The van der Waals surface area contributed by atoms with Crippen molar-refractivity contribution in [3.8, 4) is 67.5 Å². The smallest absolute Gasteiger partial charge is 0.132 e. The monoisotopic (exact) mass is 905 g/mol. The lowest BCUT2D eigenvalue weighted by atomic mass is 9.66. The van der Waals surface area contributed by atoms with Crippen LogP contribution in [0.3, 0.4) is 0 Å². The van der Waals surface area contributed by atoms with Crippen LogP contribution in [0, 0.1) is 0 Å². The van der Waals surface area contributed by atoms with Crippen LogP contribution in [0.15, 0.2) is 261 Å². The van der Waals surface area contributed by atoms with Gasteiger partial charge in [0.1, 0.15) is 23.0 Å². The van der Waals surface area contributed by atoms with Crippen LogP contribution in [-0.2, 0) is 10.8 Å². The van der Waals surface area contributed by atoms with Gasteiger partial charge in [0.15, 0.2) is 0 Å². The molecule has 0 bridgehead atoms. The highest BCUT2D eigenvalue weighted by Gasteiger charge is 2.53. The van der Waals surface area contributed by atoms with E-state index in [1.165, 1.54) is 61.2 Å². The van der Waals surface area contributed by atoms with Gasteiger partial charge in [0.25, 0.3) is 0 Å². The third kappa shape index (κ3) is 5.49. The first-order chi connectivity index (χ1) is 35.2.